The Morgan fingerprint density at radius 1 is 1.19 bits per heavy atom. The summed E-state index contributed by atoms with van der Waals surface area (Å²) in [6.07, 6.45) is 0. The zero-order chi connectivity index (χ0) is 15.6. The number of benzene rings is 1. The molecule has 0 aromatic heterocycles. The van der Waals surface area contributed by atoms with Crippen molar-refractivity contribution in [2.45, 2.75) is 13.0 Å². The van der Waals surface area contributed by atoms with E-state index in [-0.39, 0.29) is 5.75 Å². The lowest BCUT2D eigenvalue weighted by Crippen LogP contribution is -2.45. The van der Waals surface area contributed by atoms with E-state index in [9.17, 15) is 18.0 Å². The van der Waals surface area contributed by atoms with E-state index in [4.69, 9.17) is 5.21 Å². The largest absolute Gasteiger partial charge is 0.347 e. The Kier molecular flexibility index (Phi) is 4.29. The maximum atomic E-state index is 12.1. The highest BCUT2D eigenvalue weighted by molar-refractivity contribution is 7.91. The summed E-state index contributed by atoms with van der Waals surface area (Å²) in [7, 11) is -3.42. The van der Waals surface area contributed by atoms with Gasteiger partial charge in [0.2, 0.25) is 5.91 Å². The van der Waals surface area contributed by atoms with E-state index in [0.717, 1.165) is 5.56 Å². The molecular weight excluding hydrogens is 296 g/mol. The molecule has 1 aliphatic rings. The first kappa shape index (κ1) is 15.5. The molecule has 0 bridgehead atoms. The van der Waals surface area contributed by atoms with Crippen LogP contribution in [0.4, 0.5) is 0 Å². The molecule has 7 nitrogen and oxygen atoms in total. The monoisotopic (exact) mass is 312 g/mol. The van der Waals surface area contributed by atoms with Crippen LogP contribution in [0.5, 0.6) is 0 Å². The topological polar surface area (TPSA) is 113 Å². The third kappa shape index (κ3) is 3.59. The Balaban J connectivity index is 2.15. The van der Waals surface area contributed by atoms with Crippen molar-refractivity contribution >= 4 is 21.7 Å². The van der Waals surface area contributed by atoms with E-state index in [2.05, 4.69) is 5.32 Å². The molecule has 1 saturated heterocycles. The normalized spacial score (nSPS) is 23.5. The number of nitrogens with one attached hydrogen (secondary N) is 2. The summed E-state index contributed by atoms with van der Waals surface area (Å²) >= 11 is 0. The summed E-state index contributed by atoms with van der Waals surface area (Å²) in [5.41, 5.74) is 2.82. The van der Waals surface area contributed by atoms with Crippen molar-refractivity contribution in [1.29, 1.82) is 0 Å². The molecule has 1 aromatic carbocycles. The molecule has 0 spiro atoms. The average Bonchev–Trinajstić information content (AvgIpc) is 2.73. The van der Waals surface area contributed by atoms with Gasteiger partial charge >= 0.3 is 0 Å². The highest BCUT2D eigenvalue weighted by Crippen LogP contribution is 2.20. The first-order valence-corrected chi connectivity index (χ1v) is 8.16. The second-order valence-electron chi connectivity index (χ2n) is 5.11. The molecule has 1 fully saturated rings. The maximum Gasteiger partial charge on any atom is 0.251 e. The van der Waals surface area contributed by atoms with Crippen LogP contribution in [0.2, 0.25) is 0 Å². The molecule has 3 N–H and O–H groups in total. The molecule has 2 atom stereocenters. The predicted octanol–water partition coefficient (Wildman–Crippen LogP) is -0.357. The molecule has 0 aliphatic carbocycles. The lowest BCUT2D eigenvalue weighted by molar-refractivity contribution is -0.133. The Morgan fingerprint density at radius 2 is 1.81 bits per heavy atom. The number of carbonyl (C=O) groups excluding carboxylic acids is 2. The van der Waals surface area contributed by atoms with Gasteiger partial charge in [0, 0.05) is 5.56 Å². The van der Waals surface area contributed by atoms with Crippen LogP contribution in [0.3, 0.4) is 0 Å². The Bertz CT molecular complexity index is 654. The second kappa shape index (κ2) is 5.82. The Hall–Kier alpha value is -1.93. The number of rotatable bonds is 3. The Labute approximate surface area is 122 Å². The Morgan fingerprint density at radius 3 is 2.38 bits per heavy atom. The van der Waals surface area contributed by atoms with E-state index in [1.807, 2.05) is 6.92 Å². The number of sulfone groups is 1. The van der Waals surface area contributed by atoms with Gasteiger partial charge in [0.05, 0.1) is 23.5 Å². The average molecular weight is 312 g/mol. The summed E-state index contributed by atoms with van der Waals surface area (Å²) in [6.45, 7) is 1.88. The van der Waals surface area contributed by atoms with Gasteiger partial charge in [-0.05, 0) is 19.1 Å². The van der Waals surface area contributed by atoms with Crippen LogP contribution >= 0.6 is 0 Å². The number of amides is 2. The first-order valence-electron chi connectivity index (χ1n) is 6.34. The SMILES string of the molecule is Cc1ccc(C(=O)N[C@@H]2CS(=O)(=O)C[C@@H]2C(=O)NO)cc1. The third-order valence-electron chi connectivity index (χ3n) is 3.43. The fraction of sp³-hybridized carbons (Fsp3) is 0.385. The minimum Gasteiger partial charge on any atom is -0.347 e. The van der Waals surface area contributed by atoms with Gasteiger partial charge in [0.25, 0.3) is 5.91 Å². The quantitative estimate of drug-likeness (QED) is 0.521. The maximum absolute atomic E-state index is 12.1. The number of hydroxylamine groups is 1. The van der Waals surface area contributed by atoms with Crippen molar-refractivity contribution < 1.29 is 23.2 Å². The predicted molar refractivity (Wildman–Crippen MR) is 74.5 cm³/mol. The van der Waals surface area contributed by atoms with Crippen LogP contribution in [0.1, 0.15) is 15.9 Å². The van der Waals surface area contributed by atoms with Crippen LogP contribution in [0, 0.1) is 12.8 Å². The summed E-state index contributed by atoms with van der Waals surface area (Å²) in [4.78, 5) is 23.6. The van der Waals surface area contributed by atoms with Crippen LogP contribution in [-0.4, -0.2) is 43.0 Å². The molecule has 1 heterocycles. The summed E-state index contributed by atoms with van der Waals surface area (Å²) in [5.74, 6) is -2.96. The van der Waals surface area contributed by atoms with E-state index in [0.29, 0.717) is 5.56 Å². The van der Waals surface area contributed by atoms with Crippen LogP contribution in [-0.2, 0) is 14.6 Å². The van der Waals surface area contributed by atoms with E-state index in [1.165, 1.54) is 5.48 Å². The van der Waals surface area contributed by atoms with Crippen molar-refractivity contribution in [2.24, 2.45) is 5.92 Å². The van der Waals surface area contributed by atoms with Gasteiger partial charge in [0.15, 0.2) is 9.84 Å². The molecule has 0 radical (unpaired) electrons. The lowest BCUT2D eigenvalue weighted by atomic mass is 10.0. The smallest absolute Gasteiger partial charge is 0.251 e. The molecular formula is C13H16N2O5S. The third-order valence-corrected chi connectivity index (χ3v) is 5.16. The van der Waals surface area contributed by atoms with Crippen molar-refractivity contribution in [2.75, 3.05) is 11.5 Å². The molecule has 21 heavy (non-hydrogen) atoms. The van der Waals surface area contributed by atoms with Gasteiger partial charge < -0.3 is 5.32 Å². The molecule has 8 heteroatoms. The van der Waals surface area contributed by atoms with Crippen LogP contribution in [0.15, 0.2) is 24.3 Å². The number of carbonyl (C=O) groups is 2. The fourth-order valence-electron chi connectivity index (χ4n) is 2.29. The lowest BCUT2D eigenvalue weighted by Gasteiger charge is -2.17. The van der Waals surface area contributed by atoms with E-state index in [1.54, 1.807) is 24.3 Å². The molecule has 0 saturated carbocycles. The molecule has 1 aromatic rings. The zero-order valence-electron chi connectivity index (χ0n) is 11.4. The second-order valence-corrected chi connectivity index (χ2v) is 7.26. The number of hydrogen-bond donors (Lipinski definition) is 3. The summed E-state index contributed by atoms with van der Waals surface area (Å²) in [6, 6.07) is 5.91. The minimum absolute atomic E-state index is 0.317. The van der Waals surface area contributed by atoms with Crippen molar-refractivity contribution in [3.05, 3.63) is 35.4 Å². The highest BCUT2D eigenvalue weighted by atomic mass is 32.2. The number of hydrogen-bond acceptors (Lipinski definition) is 5. The fourth-order valence-corrected chi connectivity index (χ4v) is 4.22. The van der Waals surface area contributed by atoms with E-state index >= 15 is 0 Å². The molecule has 2 rings (SSSR count). The van der Waals surface area contributed by atoms with Crippen molar-refractivity contribution in [3.63, 3.8) is 0 Å². The molecule has 2 amide bonds. The molecule has 114 valence electrons. The van der Waals surface area contributed by atoms with Gasteiger partial charge in [-0.25, -0.2) is 13.9 Å². The number of aryl methyl sites for hydroxylation is 1. The van der Waals surface area contributed by atoms with Gasteiger partial charge in [-0.2, -0.15) is 0 Å². The highest BCUT2D eigenvalue weighted by Gasteiger charge is 2.42. The van der Waals surface area contributed by atoms with Gasteiger partial charge in [0.1, 0.15) is 0 Å². The van der Waals surface area contributed by atoms with Crippen LogP contribution < -0.4 is 10.8 Å². The first-order chi connectivity index (χ1) is 9.82. The van der Waals surface area contributed by atoms with Gasteiger partial charge in [-0.3, -0.25) is 14.8 Å². The zero-order valence-corrected chi connectivity index (χ0v) is 12.2. The summed E-state index contributed by atoms with van der Waals surface area (Å²) < 4.78 is 23.2. The summed E-state index contributed by atoms with van der Waals surface area (Å²) in [5, 5.41) is 11.2. The minimum atomic E-state index is -3.42. The van der Waals surface area contributed by atoms with Gasteiger partial charge in [-0.15, -0.1) is 0 Å². The molecule has 0 unspecified atom stereocenters. The van der Waals surface area contributed by atoms with Crippen molar-refractivity contribution in [1.82, 2.24) is 10.8 Å². The van der Waals surface area contributed by atoms with Crippen molar-refractivity contribution in [3.8, 4) is 0 Å². The van der Waals surface area contributed by atoms with E-state index < -0.39 is 39.4 Å². The standard InChI is InChI=1S/C13H16N2O5S/c1-8-2-4-9(5-3-8)12(16)14-11-7-21(19,20)6-10(11)13(17)15-18/h2-5,10-11,18H,6-7H2,1H3,(H,14,16)(H,15,17)/t10-,11+/m0/s1. The molecule has 1 aliphatic heterocycles. The van der Waals surface area contributed by atoms with Gasteiger partial charge in [-0.1, -0.05) is 17.7 Å². The van der Waals surface area contributed by atoms with Crippen LogP contribution in [0.25, 0.3) is 0 Å².